The van der Waals surface area contributed by atoms with Crippen LogP contribution in [0.2, 0.25) is 0 Å². The van der Waals surface area contributed by atoms with E-state index < -0.39 is 0 Å². The molecule has 4 heteroatoms. The van der Waals surface area contributed by atoms with Gasteiger partial charge in [-0.05, 0) is 37.1 Å². The molecule has 0 bridgehead atoms. The summed E-state index contributed by atoms with van der Waals surface area (Å²) in [5, 5.41) is 6.16. The molecule has 1 aliphatic carbocycles. The largest absolute Gasteiger partial charge is 0.497 e. The van der Waals surface area contributed by atoms with E-state index >= 15 is 0 Å². The fourth-order valence-corrected chi connectivity index (χ4v) is 1.58. The van der Waals surface area contributed by atoms with Crippen LogP contribution in [0, 0.1) is 0 Å². The molecule has 0 aliphatic heterocycles. The second-order valence-electron chi connectivity index (χ2n) is 4.26. The van der Waals surface area contributed by atoms with Gasteiger partial charge in [0.15, 0.2) is 0 Å². The van der Waals surface area contributed by atoms with Crippen molar-refractivity contribution in [1.29, 1.82) is 0 Å². The van der Waals surface area contributed by atoms with Gasteiger partial charge >= 0.3 is 0 Å². The summed E-state index contributed by atoms with van der Waals surface area (Å²) in [7, 11) is 1.62. The summed E-state index contributed by atoms with van der Waals surface area (Å²) < 4.78 is 5.05. The monoisotopic (exact) mass is 234 g/mol. The van der Waals surface area contributed by atoms with Crippen LogP contribution in [0.1, 0.15) is 19.3 Å². The fourth-order valence-electron chi connectivity index (χ4n) is 1.58. The maximum atomic E-state index is 11.6. The van der Waals surface area contributed by atoms with Gasteiger partial charge in [0.1, 0.15) is 5.75 Å². The van der Waals surface area contributed by atoms with Crippen LogP contribution in [0.25, 0.3) is 0 Å². The molecule has 1 aliphatic rings. The first-order chi connectivity index (χ1) is 8.28. The maximum Gasteiger partial charge on any atom is 0.225 e. The summed E-state index contributed by atoms with van der Waals surface area (Å²) in [6.07, 6.45) is 3.02. The molecule has 4 nitrogen and oxygen atoms in total. The van der Waals surface area contributed by atoms with Gasteiger partial charge in [0.05, 0.1) is 7.11 Å². The number of ether oxygens (including phenoxy) is 1. The first-order valence-corrected chi connectivity index (χ1v) is 5.95. The lowest BCUT2D eigenvalue weighted by atomic mass is 10.3. The molecule has 0 heterocycles. The van der Waals surface area contributed by atoms with Crippen LogP contribution in [0.4, 0.5) is 5.69 Å². The Balaban J connectivity index is 1.72. The van der Waals surface area contributed by atoms with Crippen LogP contribution in [0.3, 0.4) is 0 Å². The third-order valence-electron chi connectivity index (χ3n) is 2.74. The zero-order chi connectivity index (χ0) is 12.1. The first-order valence-electron chi connectivity index (χ1n) is 5.95. The molecule has 0 spiro atoms. The van der Waals surface area contributed by atoms with Gasteiger partial charge < -0.3 is 15.4 Å². The topological polar surface area (TPSA) is 50.4 Å². The predicted octanol–water partition coefficient (Wildman–Crippen LogP) is 1.78. The van der Waals surface area contributed by atoms with Gasteiger partial charge in [-0.3, -0.25) is 4.79 Å². The third kappa shape index (κ3) is 4.07. The molecule has 0 unspecified atom stereocenters. The highest BCUT2D eigenvalue weighted by atomic mass is 16.5. The highest BCUT2D eigenvalue weighted by Gasteiger charge is 2.19. The van der Waals surface area contributed by atoms with Crippen LogP contribution in [0.5, 0.6) is 5.75 Å². The van der Waals surface area contributed by atoms with Gasteiger partial charge in [0.25, 0.3) is 0 Å². The number of benzene rings is 1. The second kappa shape index (κ2) is 5.68. The molecular weight excluding hydrogens is 216 g/mol. The van der Waals surface area contributed by atoms with E-state index in [1.807, 2.05) is 24.3 Å². The standard InChI is InChI=1S/C13H18N2O2/c1-17-12-6-4-11(5-7-12)15-13(16)8-9-14-10-2-3-10/h4-7,10,14H,2-3,8-9H2,1H3,(H,15,16). The van der Waals surface area contributed by atoms with Crippen molar-refractivity contribution in [3.63, 3.8) is 0 Å². The second-order valence-corrected chi connectivity index (χ2v) is 4.26. The van der Waals surface area contributed by atoms with Crippen LogP contribution < -0.4 is 15.4 Å². The Hall–Kier alpha value is -1.55. The molecule has 0 atom stereocenters. The van der Waals surface area contributed by atoms with E-state index in [0.29, 0.717) is 12.5 Å². The quantitative estimate of drug-likeness (QED) is 0.788. The van der Waals surface area contributed by atoms with Crippen LogP contribution in [0.15, 0.2) is 24.3 Å². The van der Waals surface area contributed by atoms with E-state index in [0.717, 1.165) is 18.0 Å². The van der Waals surface area contributed by atoms with E-state index in [9.17, 15) is 4.79 Å². The van der Waals surface area contributed by atoms with Crippen molar-refractivity contribution in [3.05, 3.63) is 24.3 Å². The molecule has 1 saturated carbocycles. The smallest absolute Gasteiger partial charge is 0.225 e. The van der Waals surface area contributed by atoms with Crippen molar-refractivity contribution in [1.82, 2.24) is 5.32 Å². The zero-order valence-electron chi connectivity index (χ0n) is 10.0. The van der Waals surface area contributed by atoms with E-state index in [-0.39, 0.29) is 5.91 Å². The highest BCUT2D eigenvalue weighted by Crippen LogP contribution is 2.18. The number of hydrogen-bond acceptors (Lipinski definition) is 3. The number of carbonyl (C=O) groups excluding carboxylic acids is 1. The van der Waals surface area contributed by atoms with Crippen LogP contribution in [-0.2, 0) is 4.79 Å². The Bertz CT molecular complexity index is 372. The molecule has 0 radical (unpaired) electrons. The lowest BCUT2D eigenvalue weighted by Crippen LogP contribution is -2.23. The summed E-state index contributed by atoms with van der Waals surface area (Å²) in [4.78, 5) is 11.6. The van der Waals surface area contributed by atoms with Gasteiger partial charge in [0.2, 0.25) is 5.91 Å². The molecule has 1 aromatic carbocycles. The molecule has 2 N–H and O–H groups in total. The van der Waals surface area contributed by atoms with Crippen molar-refractivity contribution < 1.29 is 9.53 Å². The summed E-state index contributed by atoms with van der Waals surface area (Å²) >= 11 is 0. The van der Waals surface area contributed by atoms with Gasteiger partial charge in [-0.2, -0.15) is 0 Å². The third-order valence-corrected chi connectivity index (χ3v) is 2.74. The summed E-state index contributed by atoms with van der Waals surface area (Å²) in [6, 6.07) is 8.00. The Morgan fingerprint density at radius 3 is 2.65 bits per heavy atom. The average Bonchev–Trinajstić information content (AvgIpc) is 3.14. The van der Waals surface area contributed by atoms with E-state index in [1.54, 1.807) is 7.11 Å². The molecule has 92 valence electrons. The van der Waals surface area contributed by atoms with Gasteiger partial charge in [-0.25, -0.2) is 0 Å². The number of anilines is 1. The predicted molar refractivity (Wildman–Crippen MR) is 67.3 cm³/mol. The van der Waals surface area contributed by atoms with Crippen LogP contribution in [-0.4, -0.2) is 25.6 Å². The Morgan fingerprint density at radius 2 is 2.06 bits per heavy atom. The average molecular weight is 234 g/mol. The number of amides is 1. The lowest BCUT2D eigenvalue weighted by Gasteiger charge is -2.06. The van der Waals surface area contributed by atoms with Gasteiger partial charge in [-0.1, -0.05) is 0 Å². The normalized spacial score (nSPS) is 14.4. The molecule has 0 saturated heterocycles. The zero-order valence-corrected chi connectivity index (χ0v) is 10.0. The Kier molecular flexibility index (Phi) is 3.98. The molecular formula is C13H18N2O2. The molecule has 0 aromatic heterocycles. The SMILES string of the molecule is COc1ccc(NC(=O)CCNC2CC2)cc1. The Morgan fingerprint density at radius 1 is 1.35 bits per heavy atom. The van der Waals surface area contributed by atoms with Crippen LogP contribution >= 0.6 is 0 Å². The first kappa shape index (κ1) is 11.9. The van der Waals surface area contributed by atoms with E-state index in [1.165, 1.54) is 12.8 Å². The minimum atomic E-state index is 0.0447. The van der Waals surface area contributed by atoms with Crippen molar-refractivity contribution in [3.8, 4) is 5.75 Å². The molecule has 2 rings (SSSR count). The van der Waals surface area contributed by atoms with Crippen molar-refractivity contribution >= 4 is 11.6 Å². The summed E-state index contributed by atoms with van der Waals surface area (Å²) in [5.74, 6) is 0.835. The Labute approximate surface area is 101 Å². The van der Waals surface area contributed by atoms with E-state index in [2.05, 4.69) is 10.6 Å². The maximum absolute atomic E-state index is 11.6. The highest BCUT2D eigenvalue weighted by molar-refractivity contribution is 5.90. The minimum absolute atomic E-state index is 0.0447. The number of nitrogens with one attached hydrogen (secondary N) is 2. The van der Waals surface area contributed by atoms with Crippen molar-refractivity contribution in [2.45, 2.75) is 25.3 Å². The summed E-state index contributed by atoms with van der Waals surface area (Å²) in [6.45, 7) is 0.757. The van der Waals surface area contributed by atoms with Gasteiger partial charge in [0, 0.05) is 24.7 Å². The molecule has 17 heavy (non-hydrogen) atoms. The fraction of sp³-hybridized carbons (Fsp3) is 0.462. The molecule has 1 fully saturated rings. The minimum Gasteiger partial charge on any atom is -0.497 e. The number of hydrogen-bond donors (Lipinski definition) is 2. The molecule has 1 aromatic rings. The molecule has 1 amide bonds. The lowest BCUT2D eigenvalue weighted by molar-refractivity contribution is -0.116. The van der Waals surface area contributed by atoms with Crippen molar-refractivity contribution in [2.24, 2.45) is 0 Å². The van der Waals surface area contributed by atoms with Crippen molar-refractivity contribution in [2.75, 3.05) is 19.0 Å². The number of methoxy groups -OCH3 is 1. The number of rotatable bonds is 6. The van der Waals surface area contributed by atoms with E-state index in [4.69, 9.17) is 4.74 Å². The number of carbonyl (C=O) groups is 1. The summed E-state index contributed by atoms with van der Waals surface area (Å²) in [5.41, 5.74) is 0.808. The van der Waals surface area contributed by atoms with Gasteiger partial charge in [-0.15, -0.1) is 0 Å².